The fraction of sp³-hybridized carbons (Fsp3) is 0.316. The van der Waals surface area contributed by atoms with Crippen molar-refractivity contribution in [3.05, 3.63) is 53.1 Å². The Morgan fingerprint density at radius 1 is 1.21 bits per heavy atom. The first kappa shape index (κ1) is 19.3. The summed E-state index contributed by atoms with van der Waals surface area (Å²) in [6, 6.07) is 7.37. The Bertz CT molecular complexity index is 1010. The number of carbonyl (C=O) groups excluding carboxylic acids is 2. The van der Waals surface area contributed by atoms with Crippen LogP contribution in [0.4, 0.5) is 0 Å². The van der Waals surface area contributed by atoms with Crippen molar-refractivity contribution in [2.24, 2.45) is 0 Å². The van der Waals surface area contributed by atoms with Gasteiger partial charge in [0.2, 0.25) is 0 Å². The molecule has 0 aliphatic carbocycles. The molecule has 0 aliphatic rings. The fourth-order valence-corrected chi connectivity index (χ4v) is 2.85. The molecule has 28 heavy (non-hydrogen) atoms. The predicted molar refractivity (Wildman–Crippen MR) is 99.8 cm³/mol. The topological polar surface area (TPSA) is 108 Å². The molecule has 0 spiro atoms. The summed E-state index contributed by atoms with van der Waals surface area (Å²) in [6.07, 6.45) is 1.41. The molecular formula is C19H21N5O4. The second-order valence-corrected chi connectivity index (χ2v) is 6.16. The van der Waals surface area contributed by atoms with Crippen LogP contribution in [0.25, 0.3) is 5.78 Å². The average molecular weight is 383 g/mol. The van der Waals surface area contributed by atoms with Gasteiger partial charge < -0.3 is 14.8 Å². The molecule has 0 bridgehead atoms. The SMILES string of the molecule is COc1ccccc1CNC(=O)COC(=O)Cc1c(C)nc2ncnn2c1C. The van der Waals surface area contributed by atoms with Gasteiger partial charge in [-0.25, -0.2) is 9.50 Å². The molecule has 0 aliphatic heterocycles. The average Bonchev–Trinajstić information content (AvgIpc) is 3.16. The molecule has 0 radical (unpaired) electrons. The third-order valence-electron chi connectivity index (χ3n) is 4.34. The first-order valence-electron chi connectivity index (χ1n) is 8.69. The number of methoxy groups -OCH3 is 1. The van der Waals surface area contributed by atoms with Crippen LogP contribution in [0.5, 0.6) is 5.75 Å². The van der Waals surface area contributed by atoms with Crippen molar-refractivity contribution in [2.75, 3.05) is 13.7 Å². The van der Waals surface area contributed by atoms with Crippen LogP contribution in [0.1, 0.15) is 22.5 Å². The van der Waals surface area contributed by atoms with E-state index in [0.717, 1.165) is 11.3 Å². The molecule has 146 valence electrons. The van der Waals surface area contributed by atoms with Gasteiger partial charge in [0.15, 0.2) is 6.61 Å². The van der Waals surface area contributed by atoms with E-state index in [-0.39, 0.29) is 19.6 Å². The normalized spacial score (nSPS) is 10.7. The van der Waals surface area contributed by atoms with E-state index in [9.17, 15) is 9.59 Å². The second-order valence-electron chi connectivity index (χ2n) is 6.16. The van der Waals surface area contributed by atoms with Crippen molar-refractivity contribution in [3.63, 3.8) is 0 Å². The van der Waals surface area contributed by atoms with Crippen molar-refractivity contribution in [1.82, 2.24) is 24.9 Å². The van der Waals surface area contributed by atoms with E-state index in [1.54, 1.807) is 18.5 Å². The number of nitrogens with one attached hydrogen (secondary N) is 1. The van der Waals surface area contributed by atoms with Crippen LogP contribution in [0.3, 0.4) is 0 Å². The number of hydrogen-bond acceptors (Lipinski definition) is 7. The van der Waals surface area contributed by atoms with E-state index in [1.165, 1.54) is 6.33 Å². The summed E-state index contributed by atoms with van der Waals surface area (Å²) in [5.41, 5.74) is 2.98. The number of amides is 1. The van der Waals surface area contributed by atoms with Crippen LogP contribution in [0, 0.1) is 13.8 Å². The van der Waals surface area contributed by atoms with Gasteiger partial charge >= 0.3 is 5.97 Å². The number of aromatic nitrogens is 4. The lowest BCUT2D eigenvalue weighted by Crippen LogP contribution is -2.29. The van der Waals surface area contributed by atoms with E-state index >= 15 is 0 Å². The highest BCUT2D eigenvalue weighted by molar-refractivity contribution is 5.81. The molecule has 0 atom stereocenters. The Hall–Kier alpha value is -3.49. The zero-order valence-corrected chi connectivity index (χ0v) is 15.9. The monoisotopic (exact) mass is 383 g/mol. The lowest BCUT2D eigenvalue weighted by Gasteiger charge is -2.11. The number of esters is 1. The zero-order chi connectivity index (χ0) is 20.1. The van der Waals surface area contributed by atoms with Crippen molar-refractivity contribution >= 4 is 17.7 Å². The number of rotatable bonds is 7. The Kier molecular flexibility index (Phi) is 5.83. The summed E-state index contributed by atoms with van der Waals surface area (Å²) in [6.45, 7) is 3.56. The largest absolute Gasteiger partial charge is 0.496 e. The molecule has 1 amide bonds. The van der Waals surface area contributed by atoms with Crippen LogP contribution in [0.2, 0.25) is 0 Å². The van der Waals surface area contributed by atoms with Gasteiger partial charge in [-0.3, -0.25) is 9.59 Å². The fourth-order valence-electron chi connectivity index (χ4n) is 2.85. The minimum atomic E-state index is -0.514. The molecule has 9 nitrogen and oxygen atoms in total. The molecule has 3 aromatic rings. The number of benzene rings is 1. The minimum Gasteiger partial charge on any atom is -0.496 e. The van der Waals surface area contributed by atoms with E-state index < -0.39 is 11.9 Å². The van der Waals surface area contributed by atoms with Crippen molar-refractivity contribution < 1.29 is 19.1 Å². The minimum absolute atomic E-state index is 0.000253. The Morgan fingerprint density at radius 3 is 2.79 bits per heavy atom. The molecule has 2 aromatic heterocycles. The van der Waals surface area contributed by atoms with Crippen LogP contribution >= 0.6 is 0 Å². The summed E-state index contributed by atoms with van der Waals surface area (Å²) in [5.74, 6) is 0.252. The van der Waals surface area contributed by atoms with E-state index in [2.05, 4.69) is 20.4 Å². The Balaban J connectivity index is 1.54. The van der Waals surface area contributed by atoms with E-state index in [4.69, 9.17) is 9.47 Å². The van der Waals surface area contributed by atoms with Gasteiger partial charge in [0.1, 0.15) is 12.1 Å². The van der Waals surface area contributed by atoms with Gasteiger partial charge in [-0.15, -0.1) is 0 Å². The number of hydrogen-bond donors (Lipinski definition) is 1. The number of para-hydroxylation sites is 1. The molecule has 0 unspecified atom stereocenters. The molecule has 0 saturated carbocycles. The highest BCUT2D eigenvalue weighted by Gasteiger charge is 2.16. The molecule has 3 rings (SSSR count). The second kappa shape index (κ2) is 8.47. The molecular weight excluding hydrogens is 362 g/mol. The number of nitrogens with zero attached hydrogens (tertiary/aromatic N) is 4. The number of fused-ring (bicyclic) bond motifs is 1. The maximum Gasteiger partial charge on any atom is 0.310 e. The zero-order valence-electron chi connectivity index (χ0n) is 15.9. The lowest BCUT2D eigenvalue weighted by atomic mass is 10.1. The van der Waals surface area contributed by atoms with Crippen molar-refractivity contribution in [2.45, 2.75) is 26.8 Å². The van der Waals surface area contributed by atoms with Gasteiger partial charge in [-0.1, -0.05) is 18.2 Å². The highest BCUT2D eigenvalue weighted by Crippen LogP contribution is 2.17. The lowest BCUT2D eigenvalue weighted by molar-refractivity contribution is -0.147. The summed E-state index contributed by atoms with van der Waals surface area (Å²) < 4.78 is 11.9. The maximum atomic E-state index is 12.2. The van der Waals surface area contributed by atoms with Gasteiger partial charge in [0.25, 0.3) is 11.7 Å². The highest BCUT2D eigenvalue weighted by atomic mass is 16.5. The van der Waals surface area contributed by atoms with Crippen LogP contribution in [-0.4, -0.2) is 45.2 Å². The number of aryl methyl sites for hydroxylation is 2. The van der Waals surface area contributed by atoms with Crippen LogP contribution in [-0.2, 0) is 27.3 Å². The van der Waals surface area contributed by atoms with Crippen LogP contribution in [0.15, 0.2) is 30.6 Å². The Labute approximate surface area is 161 Å². The van der Waals surface area contributed by atoms with Crippen molar-refractivity contribution in [1.29, 1.82) is 0 Å². The summed E-state index contributed by atoms with van der Waals surface area (Å²) in [7, 11) is 1.57. The van der Waals surface area contributed by atoms with Gasteiger partial charge in [-0.2, -0.15) is 10.1 Å². The maximum absolute atomic E-state index is 12.2. The quantitative estimate of drug-likeness (QED) is 0.610. The van der Waals surface area contributed by atoms with Crippen LogP contribution < -0.4 is 10.1 Å². The van der Waals surface area contributed by atoms with E-state index in [1.807, 2.05) is 31.2 Å². The van der Waals surface area contributed by atoms with Crippen molar-refractivity contribution in [3.8, 4) is 5.75 Å². The molecule has 9 heteroatoms. The number of carbonyl (C=O) groups is 2. The predicted octanol–water partition coefficient (Wildman–Crippen LogP) is 1.15. The molecule has 2 heterocycles. The molecule has 0 fully saturated rings. The third-order valence-corrected chi connectivity index (χ3v) is 4.34. The van der Waals surface area contributed by atoms with Gasteiger partial charge in [0.05, 0.1) is 13.5 Å². The first-order valence-corrected chi connectivity index (χ1v) is 8.69. The number of ether oxygens (including phenoxy) is 2. The molecule has 1 aromatic carbocycles. The molecule has 1 N–H and O–H groups in total. The summed E-state index contributed by atoms with van der Waals surface area (Å²) in [5, 5.41) is 6.79. The van der Waals surface area contributed by atoms with Gasteiger partial charge in [0, 0.05) is 29.1 Å². The standard InChI is InChI=1S/C19H21N5O4/c1-12-15(13(2)24-19(23-12)21-11-22-24)8-18(26)28-10-17(25)20-9-14-6-4-5-7-16(14)27-3/h4-7,11H,8-10H2,1-3H3,(H,20,25). The Morgan fingerprint density at radius 2 is 2.00 bits per heavy atom. The third kappa shape index (κ3) is 4.25. The summed E-state index contributed by atoms with van der Waals surface area (Å²) in [4.78, 5) is 32.5. The van der Waals surface area contributed by atoms with E-state index in [0.29, 0.717) is 22.8 Å². The first-order chi connectivity index (χ1) is 13.5. The summed E-state index contributed by atoms with van der Waals surface area (Å²) >= 11 is 0. The van der Waals surface area contributed by atoms with Gasteiger partial charge in [-0.05, 0) is 19.9 Å². The molecule has 0 saturated heterocycles. The smallest absolute Gasteiger partial charge is 0.310 e.